The molecular formula is C30H47IO4. The van der Waals surface area contributed by atoms with E-state index in [1.807, 2.05) is 0 Å². The number of hydrogen-bond donors (Lipinski definition) is 2. The molecule has 0 spiro atoms. The molecule has 0 saturated heterocycles. The Balaban J connectivity index is 1.61. The zero-order valence-electron chi connectivity index (χ0n) is 22.7. The molecule has 0 bridgehead atoms. The van der Waals surface area contributed by atoms with Crippen LogP contribution < -0.4 is 0 Å². The van der Waals surface area contributed by atoms with Crippen molar-refractivity contribution in [3.05, 3.63) is 11.6 Å². The van der Waals surface area contributed by atoms with E-state index in [1.165, 1.54) is 6.42 Å². The molecule has 4 nitrogen and oxygen atoms in total. The van der Waals surface area contributed by atoms with Gasteiger partial charge in [-0.3, -0.25) is 4.79 Å². The minimum atomic E-state index is -0.459. The van der Waals surface area contributed by atoms with E-state index in [0.29, 0.717) is 23.7 Å². The van der Waals surface area contributed by atoms with Crippen LogP contribution >= 0.6 is 22.6 Å². The number of hydrogen-bond acceptors (Lipinski definition) is 4. The average molecular weight is 599 g/mol. The maximum absolute atomic E-state index is 13.3. The Kier molecular flexibility index (Phi) is 6.37. The van der Waals surface area contributed by atoms with E-state index in [4.69, 9.17) is 4.74 Å². The zero-order chi connectivity index (χ0) is 25.6. The lowest BCUT2D eigenvalue weighted by molar-refractivity contribution is -0.213. The van der Waals surface area contributed by atoms with E-state index >= 15 is 0 Å². The molecule has 0 heterocycles. The number of alkyl halides is 1. The van der Waals surface area contributed by atoms with Crippen molar-refractivity contribution in [3.63, 3.8) is 0 Å². The zero-order valence-corrected chi connectivity index (χ0v) is 24.9. The summed E-state index contributed by atoms with van der Waals surface area (Å²) in [5.41, 5.74) is 1.07. The predicted octanol–water partition coefficient (Wildman–Crippen LogP) is 6.32. The smallest absolute Gasteiger partial charge is 0.312 e. The lowest BCUT2D eigenvalue weighted by atomic mass is 9.33. The Labute approximate surface area is 226 Å². The van der Waals surface area contributed by atoms with E-state index in [2.05, 4.69) is 63.3 Å². The Morgan fingerprint density at radius 2 is 1.83 bits per heavy atom. The van der Waals surface area contributed by atoms with Gasteiger partial charge in [0.05, 0.1) is 25.2 Å². The molecule has 4 saturated carbocycles. The second-order valence-electron chi connectivity index (χ2n) is 14.1. The van der Waals surface area contributed by atoms with Gasteiger partial charge in [0.1, 0.15) is 0 Å². The van der Waals surface area contributed by atoms with Crippen molar-refractivity contribution < 1.29 is 19.7 Å². The summed E-state index contributed by atoms with van der Waals surface area (Å²) >= 11 is 2.45. The second-order valence-corrected chi connectivity index (χ2v) is 15.7. The SMILES string of the molecule is COC(=O)[C@]12CCC[C@H](C)C1C1=CCC3[C@@]4(C)C[C@@H](I)C(O)[C@@](C)(CO)C4CC[C@@]3(C)[C@]1(C)CC2. The summed E-state index contributed by atoms with van der Waals surface area (Å²) in [4.78, 5) is 13.3. The third-order valence-electron chi connectivity index (χ3n) is 13.0. The maximum atomic E-state index is 13.3. The quantitative estimate of drug-likeness (QED) is 0.169. The molecule has 0 aromatic carbocycles. The Morgan fingerprint density at radius 3 is 2.49 bits per heavy atom. The van der Waals surface area contributed by atoms with Gasteiger partial charge in [0, 0.05) is 9.34 Å². The first kappa shape index (κ1) is 26.5. The molecule has 0 amide bonds. The first-order chi connectivity index (χ1) is 16.4. The summed E-state index contributed by atoms with van der Waals surface area (Å²) in [5, 5.41) is 21.7. The van der Waals surface area contributed by atoms with Gasteiger partial charge in [-0.2, -0.15) is 0 Å². The highest BCUT2D eigenvalue weighted by Crippen LogP contribution is 2.75. The summed E-state index contributed by atoms with van der Waals surface area (Å²) in [7, 11) is 1.58. The van der Waals surface area contributed by atoms with Gasteiger partial charge in [0.15, 0.2) is 0 Å². The fourth-order valence-corrected chi connectivity index (χ4v) is 12.8. The average Bonchev–Trinajstić information content (AvgIpc) is 2.82. The minimum Gasteiger partial charge on any atom is -0.469 e. The van der Waals surface area contributed by atoms with Gasteiger partial charge < -0.3 is 14.9 Å². The molecule has 0 radical (unpaired) electrons. The van der Waals surface area contributed by atoms with Crippen LogP contribution in [0.3, 0.4) is 0 Å². The number of carbonyl (C=O) groups is 1. The number of allylic oxidation sites excluding steroid dienone is 2. The number of halogens is 1. The van der Waals surface area contributed by atoms with Crippen LogP contribution in [-0.4, -0.2) is 39.9 Å². The van der Waals surface area contributed by atoms with E-state index in [1.54, 1.807) is 12.7 Å². The number of ether oxygens (including phenoxy) is 1. The predicted molar refractivity (Wildman–Crippen MR) is 147 cm³/mol. The van der Waals surface area contributed by atoms with Crippen molar-refractivity contribution >= 4 is 28.6 Å². The normalized spacial score (nSPS) is 55.5. The van der Waals surface area contributed by atoms with Crippen LogP contribution in [0.4, 0.5) is 0 Å². The molecule has 0 aromatic heterocycles. The first-order valence-corrected chi connectivity index (χ1v) is 15.3. The third-order valence-corrected chi connectivity index (χ3v) is 14.1. The number of rotatable bonds is 2. The number of fused-ring (bicyclic) bond motifs is 7. The Bertz CT molecular complexity index is 918. The summed E-state index contributed by atoms with van der Waals surface area (Å²) < 4.78 is 5.63. The van der Waals surface area contributed by atoms with Gasteiger partial charge in [-0.25, -0.2) is 0 Å². The summed E-state index contributed by atoms with van der Waals surface area (Å²) in [6, 6.07) is 0. The van der Waals surface area contributed by atoms with Crippen molar-refractivity contribution in [2.75, 3.05) is 13.7 Å². The molecule has 5 heteroatoms. The number of carbonyl (C=O) groups excluding carboxylic acids is 1. The van der Waals surface area contributed by atoms with Crippen LogP contribution in [0.5, 0.6) is 0 Å². The summed E-state index contributed by atoms with van der Waals surface area (Å²) in [5.74, 6) is 1.65. The third kappa shape index (κ3) is 3.19. The number of aliphatic hydroxyl groups is 2. The molecule has 2 N–H and O–H groups in total. The van der Waals surface area contributed by atoms with E-state index in [9.17, 15) is 15.0 Å². The van der Waals surface area contributed by atoms with Crippen molar-refractivity contribution in [1.82, 2.24) is 0 Å². The molecule has 0 aliphatic heterocycles. The lowest BCUT2D eigenvalue weighted by Gasteiger charge is -2.71. The highest BCUT2D eigenvalue weighted by atomic mass is 127. The summed E-state index contributed by atoms with van der Waals surface area (Å²) in [6.45, 7) is 12.1. The van der Waals surface area contributed by atoms with E-state index in [0.717, 1.165) is 51.4 Å². The van der Waals surface area contributed by atoms with Gasteiger partial charge in [-0.15, -0.1) is 0 Å². The van der Waals surface area contributed by atoms with Gasteiger partial charge in [0.25, 0.3) is 0 Å². The van der Waals surface area contributed by atoms with Crippen LogP contribution in [0.25, 0.3) is 0 Å². The largest absolute Gasteiger partial charge is 0.469 e. The van der Waals surface area contributed by atoms with Crippen molar-refractivity contribution in [3.8, 4) is 0 Å². The minimum absolute atomic E-state index is 0.0210. The molecule has 35 heavy (non-hydrogen) atoms. The number of aliphatic hydroxyl groups excluding tert-OH is 2. The highest BCUT2D eigenvalue weighted by Gasteiger charge is 2.70. The molecular weight excluding hydrogens is 551 g/mol. The maximum Gasteiger partial charge on any atom is 0.312 e. The molecule has 5 aliphatic carbocycles. The van der Waals surface area contributed by atoms with Crippen molar-refractivity contribution in [2.24, 2.45) is 50.7 Å². The van der Waals surface area contributed by atoms with Gasteiger partial charge >= 0.3 is 5.97 Å². The van der Waals surface area contributed by atoms with Gasteiger partial charge in [0.2, 0.25) is 0 Å². The van der Waals surface area contributed by atoms with Crippen molar-refractivity contribution in [2.45, 2.75) is 102 Å². The van der Waals surface area contributed by atoms with Crippen molar-refractivity contribution in [1.29, 1.82) is 0 Å². The standard InChI is InChI=1S/C30H47IO4/c1-18-8-7-12-30(25(34)35-6)15-14-28(4)19(23(18)30)9-10-22-26(2)16-20(31)24(33)27(3,17-32)21(26)11-13-29(22,28)5/h9,18,20-24,32-33H,7-8,10-17H2,1-6H3/t18-,20+,21?,22?,23?,24?,26-,27-,28+,29+,30-/m0/s1. The highest BCUT2D eigenvalue weighted by molar-refractivity contribution is 14.1. The number of methoxy groups -OCH3 is 1. The summed E-state index contributed by atoms with van der Waals surface area (Å²) in [6.07, 6.45) is 11.6. The fourth-order valence-electron chi connectivity index (χ4n) is 11.0. The second kappa shape index (κ2) is 8.43. The fraction of sp³-hybridized carbons (Fsp3) is 0.900. The van der Waals surface area contributed by atoms with Gasteiger partial charge in [-0.05, 0) is 84.9 Å². The van der Waals surface area contributed by atoms with Gasteiger partial charge in [-0.1, -0.05) is 81.7 Å². The molecule has 5 aliphatic rings. The molecule has 4 unspecified atom stereocenters. The lowest BCUT2D eigenvalue weighted by Crippen LogP contribution is -2.67. The topological polar surface area (TPSA) is 66.8 Å². The van der Waals surface area contributed by atoms with Crippen LogP contribution in [0.1, 0.15) is 92.4 Å². The van der Waals surface area contributed by atoms with Crippen LogP contribution in [0.15, 0.2) is 11.6 Å². The molecule has 4 fully saturated rings. The monoisotopic (exact) mass is 598 g/mol. The van der Waals surface area contributed by atoms with Crippen LogP contribution in [0, 0.1) is 50.7 Å². The van der Waals surface area contributed by atoms with Crippen LogP contribution in [0.2, 0.25) is 0 Å². The number of esters is 1. The molecule has 5 rings (SSSR count). The molecule has 198 valence electrons. The molecule has 11 atom stereocenters. The first-order valence-electron chi connectivity index (χ1n) is 14.1. The Morgan fingerprint density at radius 1 is 1.11 bits per heavy atom. The van der Waals surface area contributed by atoms with Crippen LogP contribution in [-0.2, 0) is 9.53 Å². The van der Waals surface area contributed by atoms with E-state index < -0.39 is 11.5 Å². The Hall–Kier alpha value is -0.140. The molecule has 0 aromatic rings. The van der Waals surface area contributed by atoms with E-state index in [-0.39, 0.29) is 38.2 Å².